The smallest absolute Gasteiger partial charge is 0.160 e. The van der Waals surface area contributed by atoms with Crippen LogP contribution in [0.4, 0.5) is 0 Å². The Morgan fingerprint density at radius 3 is 2.92 bits per heavy atom. The second-order valence-corrected chi connectivity index (χ2v) is 8.13. The van der Waals surface area contributed by atoms with Crippen molar-refractivity contribution in [2.24, 2.45) is 4.99 Å². The highest BCUT2D eigenvalue weighted by molar-refractivity contribution is 9.10. The van der Waals surface area contributed by atoms with Crippen molar-refractivity contribution in [1.82, 2.24) is 9.88 Å². The van der Waals surface area contributed by atoms with Gasteiger partial charge in [0.05, 0.1) is 18.8 Å². The second-order valence-electron chi connectivity index (χ2n) is 6.22. The molecular weight excluding hydrogens is 398 g/mol. The van der Waals surface area contributed by atoms with Crippen molar-refractivity contribution in [2.75, 3.05) is 12.9 Å². The third-order valence-electron chi connectivity index (χ3n) is 4.84. The van der Waals surface area contributed by atoms with Gasteiger partial charge in [-0.05, 0) is 36.8 Å². The Kier molecular flexibility index (Phi) is 4.73. The molecule has 3 heterocycles. The van der Waals surface area contributed by atoms with E-state index < -0.39 is 0 Å². The van der Waals surface area contributed by atoms with Crippen LogP contribution in [0.25, 0.3) is 0 Å². The first kappa shape index (κ1) is 16.9. The van der Waals surface area contributed by atoms with Crippen molar-refractivity contribution in [1.29, 1.82) is 0 Å². The number of benzene rings is 1. The Hall–Kier alpha value is -1.53. The zero-order valence-corrected chi connectivity index (χ0v) is 16.6. The quantitative estimate of drug-likeness (QED) is 0.713. The van der Waals surface area contributed by atoms with Gasteiger partial charge < -0.3 is 9.64 Å². The summed E-state index contributed by atoms with van der Waals surface area (Å²) in [5, 5.41) is 1.13. The van der Waals surface area contributed by atoms with E-state index in [-0.39, 0.29) is 12.1 Å². The minimum absolute atomic E-state index is 0.0127. The van der Waals surface area contributed by atoms with Crippen LogP contribution in [-0.2, 0) is 0 Å². The summed E-state index contributed by atoms with van der Waals surface area (Å²) in [6, 6.07) is 12.8. The number of hydrogen-bond acceptors (Lipinski definition) is 5. The summed E-state index contributed by atoms with van der Waals surface area (Å²) in [6.45, 7) is 2.25. The molecule has 4 rings (SSSR count). The van der Waals surface area contributed by atoms with Crippen molar-refractivity contribution in [3.8, 4) is 5.75 Å². The van der Waals surface area contributed by atoms with Gasteiger partial charge in [0.1, 0.15) is 11.8 Å². The highest BCUT2D eigenvalue weighted by atomic mass is 79.9. The summed E-state index contributed by atoms with van der Waals surface area (Å²) in [7, 11) is 1.73. The SMILES string of the molecule is CC[C@@H]1CSC2=N[C@H](c3ccccn3)[C@H](c3cc(Br)ccc3OC)N21. The monoisotopic (exact) mass is 417 g/mol. The predicted octanol–water partition coefficient (Wildman–Crippen LogP) is 4.83. The van der Waals surface area contributed by atoms with Gasteiger partial charge in [0.15, 0.2) is 5.17 Å². The first-order chi connectivity index (χ1) is 12.2. The van der Waals surface area contributed by atoms with E-state index in [9.17, 15) is 0 Å². The van der Waals surface area contributed by atoms with Crippen LogP contribution in [0.15, 0.2) is 52.1 Å². The van der Waals surface area contributed by atoms with Crippen molar-refractivity contribution in [3.05, 3.63) is 58.3 Å². The van der Waals surface area contributed by atoms with Crippen LogP contribution in [0.5, 0.6) is 5.75 Å². The number of aliphatic imine (C=N–C) groups is 1. The van der Waals surface area contributed by atoms with Gasteiger partial charge in [0.25, 0.3) is 0 Å². The van der Waals surface area contributed by atoms with E-state index in [1.54, 1.807) is 7.11 Å². The number of fused-ring (bicyclic) bond motifs is 1. The zero-order valence-electron chi connectivity index (χ0n) is 14.2. The number of hydrogen-bond donors (Lipinski definition) is 0. The minimum Gasteiger partial charge on any atom is -0.496 e. The highest BCUT2D eigenvalue weighted by Crippen LogP contribution is 2.50. The van der Waals surface area contributed by atoms with Crippen LogP contribution in [0.2, 0.25) is 0 Å². The molecule has 0 bridgehead atoms. The Balaban J connectivity index is 1.85. The van der Waals surface area contributed by atoms with Gasteiger partial charge in [-0.2, -0.15) is 0 Å². The molecule has 2 aliphatic heterocycles. The average Bonchev–Trinajstić information content (AvgIpc) is 3.21. The third kappa shape index (κ3) is 2.95. The number of halogens is 1. The fraction of sp³-hybridized carbons (Fsp3) is 0.368. The zero-order chi connectivity index (χ0) is 17.4. The number of rotatable bonds is 4. The fourth-order valence-electron chi connectivity index (χ4n) is 3.62. The molecule has 0 saturated carbocycles. The lowest BCUT2D eigenvalue weighted by Crippen LogP contribution is -2.35. The van der Waals surface area contributed by atoms with Crippen LogP contribution in [0, 0.1) is 0 Å². The maximum absolute atomic E-state index is 5.69. The summed E-state index contributed by atoms with van der Waals surface area (Å²) in [5.74, 6) is 1.99. The Bertz CT molecular complexity index is 799. The lowest BCUT2D eigenvalue weighted by Gasteiger charge is -2.32. The number of nitrogens with zero attached hydrogens (tertiary/aromatic N) is 3. The van der Waals surface area contributed by atoms with E-state index in [4.69, 9.17) is 9.73 Å². The van der Waals surface area contributed by atoms with Gasteiger partial charge in [-0.1, -0.05) is 40.7 Å². The molecule has 2 aliphatic rings. The van der Waals surface area contributed by atoms with Gasteiger partial charge in [0.2, 0.25) is 0 Å². The molecule has 0 aliphatic carbocycles. The number of ether oxygens (including phenoxy) is 1. The van der Waals surface area contributed by atoms with Crippen LogP contribution in [0.1, 0.15) is 36.7 Å². The molecule has 6 heteroatoms. The van der Waals surface area contributed by atoms with E-state index in [0.29, 0.717) is 6.04 Å². The molecule has 25 heavy (non-hydrogen) atoms. The van der Waals surface area contributed by atoms with E-state index >= 15 is 0 Å². The third-order valence-corrected chi connectivity index (χ3v) is 6.46. The first-order valence-electron chi connectivity index (χ1n) is 8.46. The predicted molar refractivity (Wildman–Crippen MR) is 106 cm³/mol. The minimum atomic E-state index is -0.0127. The molecule has 0 spiro atoms. The maximum Gasteiger partial charge on any atom is 0.160 e. The van der Waals surface area contributed by atoms with Crippen molar-refractivity contribution in [2.45, 2.75) is 31.5 Å². The summed E-state index contributed by atoms with van der Waals surface area (Å²) >= 11 is 5.48. The van der Waals surface area contributed by atoms with Crippen LogP contribution in [0.3, 0.4) is 0 Å². The Morgan fingerprint density at radius 1 is 1.32 bits per heavy atom. The summed E-state index contributed by atoms with van der Waals surface area (Å²) in [6.07, 6.45) is 2.95. The number of amidine groups is 1. The van der Waals surface area contributed by atoms with Crippen LogP contribution < -0.4 is 4.74 Å². The van der Waals surface area contributed by atoms with Crippen LogP contribution >= 0.6 is 27.7 Å². The number of aromatic nitrogens is 1. The molecule has 0 radical (unpaired) electrons. The van der Waals surface area contributed by atoms with Gasteiger partial charge in [-0.3, -0.25) is 9.98 Å². The highest BCUT2D eigenvalue weighted by Gasteiger charge is 2.46. The summed E-state index contributed by atoms with van der Waals surface area (Å²) < 4.78 is 6.74. The molecule has 1 aromatic heterocycles. The van der Waals surface area contributed by atoms with Crippen molar-refractivity contribution < 1.29 is 4.74 Å². The average molecular weight is 418 g/mol. The normalized spacial score (nSPS) is 25.0. The van der Waals surface area contributed by atoms with E-state index in [1.807, 2.05) is 42.2 Å². The Labute approximate surface area is 160 Å². The number of pyridine rings is 1. The lowest BCUT2D eigenvalue weighted by atomic mass is 9.94. The van der Waals surface area contributed by atoms with Gasteiger partial charge >= 0.3 is 0 Å². The van der Waals surface area contributed by atoms with Crippen molar-refractivity contribution >= 4 is 32.9 Å². The molecule has 4 nitrogen and oxygen atoms in total. The van der Waals surface area contributed by atoms with Gasteiger partial charge in [-0.25, -0.2) is 0 Å². The van der Waals surface area contributed by atoms with E-state index in [2.05, 4.69) is 44.9 Å². The first-order valence-corrected chi connectivity index (χ1v) is 10.2. The molecule has 0 amide bonds. The molecule has 130 valence electrons. The molecule has 1 saturated heterocycles. The van der Waals surface area contributed by atoms with Gasteiger partial charge in [0, 0.05) is 28.0 Å². The van der Waals surface area contributed by atoms with E-state index in [1.165, 1.54) is 0 Å². The molecular formula is C19H20BrN3OS. The number of methoxy groups -OCH3 is 1. The van der Waals surface area contributed by atoms with Crippen LogP contribution in [-0.4, -0.2) is 34.0 Å². The van der Waals surface area contributed by atoms with Crippen molar-refractivity contribution in [3.63, 3.8) is 0 Å². The molecule has 0 N–H and O–H groups in total. The van der Waals surface area contributed by atoms with E-state index in [0.717, 1.165) is 38.8 Å². The number of thioether (sulfide) groups is 1. The molecule has 2 aromatic rings. The maximum atomic E-state index is 5.69. The molecule has 0 unspecified atom stereocenters. The summed E-state index contributed by atoms with van der Waals surface area (Å²) in [5.41, 5.74) is 2.17. The Morgan fingerprint density at radius 2 is 2.20 bits per heavy atom. The molecule has 1 fully saturated rings. The molecule has 3 atom stereocenters. The fourth-order valence-corrected chi connectivity index (χ4v) is 5.34. The standard InChI is InChI=1S/C19H20BrN3OS/c1-3-13-11-25-19-22-17(15-6-4-5-9-21-15)18(23(13)19)14-10-12(20)7-8-16(14)24-2/h4-10,13,17-18H,3,11H2,1-2H3/t13-,17-,18+/m1/s1. The van der Waals surface area contributed by atoms with Gasteiger partial charge in [-0.15, -0.1) is 0 Å². The molecule has 1 aromatic carbocycles. The lowest BCUT2D eigenvalue weighted by molar-refractivity contribution is 0.249. The largest absolute Gasteiger partial charge is 0.496 e. The second kappa shape index (κ2) is 7.00. The summed E-state index contributed by atoms with van der Waals surface area (Å²) in [4.78, 5) is 12.1. The topological polar surface area (TPSA) is 37.7 Å².